The quantitative estimate of drug-likeness (QED) is 0.484. The number of benzene rings is 2. The van der Waals surface area contributed by atoms with Gasteiger partial charge in [0, 0.05) is 22.6 Å². The Morgan fingerprint density at radius 3 is 2.38 bits per heavy atom. The van der Waals surface area contributed by atoms with E-state index in [0.29, 0.717) is 5.56 Å². The van der Waals surface area contributed by atoms with Gasteiger partial charge in [-0.3, -0.25) is 9.59 Å². The molecule has 2 aromatic rings. The number of carbonyl (C=O) groups is 2. The standard InChI is InChI=1S/C18H13BrFNO3/c1-21-15(12-4-2-3-5-13(12)20)14(17(23)18(21)24)16(22)10-6-8-11(19)9-7-10/h2-9,15,22H,1H3/b16-14+/t15-/m0/s1. The van der Waals surface area contributed by atoms with Crippen LogP contribution >= 0.6 is 15.9 Å². The summed E-state index contributed by atoms with van der Waals surface area (Å²) < 4.78 is 15.0. The normalized spacial score (nSPS) is 19.8. The van der Waals surface area contributed by atoms with E-state index in [2.05, 4.69) is 15.9 Å². The zero-order valence-electron chi connectivity index (χ0n) is 12.7. The van der Waals surface area contributed by atoms with Gasteiger partial charge in [-0.25, -0.2) is 4.39 Å². The lowest BCUT2D eigenvalue weighted by Gasteiger charge is -2.21. The van der Waals surface area contributed by atoms with Crippen LogP contribution in [0.3, 0.4) is 0 Å². The minimum absolute atomic E-state index is 0.116. The molecule has 3 rings (SSSR count). The van der Waals surface area contributed by atoms with Gasteiger partial charge in [0.2, 0.25) is 0 Å². The zero-order valence-corrected chi connectivity index (χ0v) is 14.2. The number of hydrogen-bond donors (Lipinski definition) is 1. The molecule has 1 saturated heterocycles. The average Bonchev–Trinajstić information content (AvgIpc) is 2.79. The van der Waals surface area contributed by atoms with Crippen LogP contribution in [-0.4, -0.2) is 28.7 Å². The summed E-state index contributed by atoms with van der Waals surface area (Å²) in [5.74, 6) is -2.47. The number of likely N-dealkylation sites (tertiary alicyclic amines) is 1. The van der Waals surface area contributed by atoms with Crippen molar-refractivity contribution < 1.29 is 19.1 Å². The van der Waals surface area contributed by atoms with E-state index >= 15 is 0 Å². The fourth-order valence-electron chi connectivity index (χ4n) is 2.77. The number of hydrogen-bond acceptors (Lipinski definition) is 3. The van der Waals surface area contributed by atoms with Gasteiger partial charge in [-0.2, -0.15) is 0 Å². The number of Topliss-reactive ketones (excluding diaryl/α,β-unsaturated/α-hetero) is 1. The Labute approximate surface area is 146 Å². The number of nitrogens with zero attached hydrogens (tertiary/aromatic N) is 1. The van der Waals surface area contributed by atoms with E-state index in [9.17, 15) is 19.1 Å². The van der Waals surface area contributed by atoms with Gasteiger partial charge in [-0.1, -0.05) is 46.3 Å². The van der Waals surface area contributed by atoms with E-state index in [1.54, 1.807) is 30.3 Å². The van der Waals surface area contributed by atoms with Crippen LogP contribution in [0.1, 0.15) is 17.2 Å². The maximum Gasteiger partial charge on any atom is 0.295 e. The van der Waals surface area contributed by atoms with E-state index < -0.39 is 23.5 Å². The third-order valence-electron chi connectivity index (χ3n) is 3.99. The molecule has 2 aromatic carbocycles. The predicted octanol–water partition coefficient (Wildman–Crippen LogP) is 3.64. The molecule has 1 atom stereocenters. The van der Waals surface area contributed by atoms with Gasteiger partial charge >= 0.3 is 0 Å². The predicted molar refractivity (Wildman–Crippen MR) is 90.6 cm³/mol. The number of amides is 1. The number of ketones is 1. The van der Waals surface area contributed by atoms with Crippen molar-refractivity contribution in [1.82, 2.24) is 4.90 Å². The Morgan fingerprint density at radius 2 is 1.75 bits per heavy atom. The number of halogens is 2. The Hall–Kier alpha value is -2.47. The van der Waals surface area contributed by atoms with Crippen LogP contribution in [0.25, 0.3) is 5.76 Å². The van der Waals surface area contributed by atoms with Crippen LogP contribution in [0.4, 0.5) is 4.39 Å². The Bertz CT molecular complexity index is 861. The molecule has 1 aliphatic heterocycles. The van der Waals surface area contributed by atoms with Crippen LogP contribution in [-0.2, 0) is 9.59 Å². The topological polar surface area (TPSA) is 57.6 Å². The van der Waals surface area contributed by atoms with Crippen molar-refractivity contribution in [3.63, 3.8) is 0 Å². The molecule has 1 amide bonds. The summed E-state index contributed by atoms with van der Waals surface area (Å²) in [6.07, 6.45) is 0. The first-order valence-corrected chi connectivity index (χ1v) is 7.96. The van der Waals surface area contributed by atoms with Crippen molar-refractivity contribution >= 4 is 33.4 Å². The highest BCUT2D eigenvalue weighted by atomic mass is 79.9. The van der Waals surface area contributed by atoms with Crippen LogP contribution in [0.5, 0.6) is 0 Å². The molecule has 6 heteroatoms. The zero-order chi connectivity index (χ0) is 17.4. The highest BCUT2D eigenvalue weighted by molar-refractivity contribution is 9.10. The second-order valence-corrected chi connectivity index (χ2v) is 6.35. The summed E-state index contributed by atoms with van der Waals surface area (Å²) in [6.45, 7) is 0. The molecule has 4 nitrogen and oxygen atoms in total. The highest BCUT2D eigenvalue weighted by Gasteiger charge is 2.45. The second kappa shape index (κ2) is 6.20. The third kappa shape index (κ3) is 2.63. The molecule has 1 heterocycles. The summed E-state index contributed by atoms with van der Waals surface area (Å²) in [6, 6.07) is 11.6. The minimum atomic E-state index is -0.963. The number of aliphatic hydroxyl groups excluding tert-OH is 1. The highest BCUT2D eigenvalue weighted by Crippen LogP contribution is 2.39. The van der Waals surface area contributed by atoms with Crippen LogP contribution in [0.2, 0.25) is 0 Å². The maximum atomic E-state index is 14.2. The average molecular weight is 390 g/mol. The number of carbonyl (C=O) groups excluding carboxylic acids is 2. The molecular formula is C18H13BrFNO3. The molecule has 0 aromatic heterocycles. The summed E-state index contributed by atoms with van der Waals surface area (Å²) in [5.41, 5.74) is 0.429. The van der Waals surface area contributed by atoms with Crippen molar-refractivity contribution in [2.75, 3.05) is 7.05 Å². The lowest BCUT2D eigenvalue weighted by atomic mass is 9.95. The van der Waals surface area contributed by atoms with Crippen LogP contribution in [0, 0.1) is 5.82 Å². The van der Waals surface area contributed by atoms with Gasteiger partial charge in [0.05, 0.1) is 11.6 Å². The summed E-state index contributed by atoms with van der Waals surface area (Å²) in [5, 5.41) is 10.6. The molecular weight excluding hydrogens is 377 g/mol. The fourth-order valence-corrected chi connectivity index (χ4v) is 3.04. The number of likely N-dealkylation sites (N-methyl/N-ethyl adjacent to an activating group) is 1. The van der Waals surface area contributed by atoms with Gasteiger partial charge in [0.25, 0.3) is 11.7 Å². The summed E-state index contributed by atoms with van der Waals surface area (Å²) in [7, 11) is 1.42. The third-order valence-corrected chi connectivity index (χ3v) is 4.52. The van der Waals surface area contributed by atoms with E-state index in [-0.39, 0.29) is 16.9 Å². The van der Waals surface area contributed by atoms with Crippen LogP contribution in [0.15, 0.2) is 58.6 Å². The molecule has 0 saturated carbocycles. The molecule has 0 radical (unpaired) electrons. The molecule has 122 valence electrons. The van der Waals surface area contributed by atoms with Gasteiger partial charge in [0.1, 0.15) is 11.6 Å². The first kappa shape index (κ1) is 16.4. The Morgan fingerprint density at radius 1 is 1.12 bits per heavy atom. The molecule has 0 spiro atoms. The molecule has 1 aliphatic rings. The molecule has 0 aliphatic carbocycles. The van der Waals surface area contributed by atoms with Gasteiger partial charge < -0.3 is 10.0 Å². The van der Waals surface area contributed by atoms with Crippen molar-refractivity contribution in [1.29, 1.82) is 0 Å². The van der Waals surface area contributed by atoms with Crippen molar-refractivity contribution in [2.24, 2.45) is 0 Å². The van der Waals surface area contributed by atoms with Crippen molar-refractivity contribution in [3.8, 4) is 0 Å². The van der Waals surface area contributed by atoms with Crippen molar-refractivity contribution in [2.45, 2.75) is 6.04 Å². The van der Waals surface area contributed by atoms with E-state index in [0.717, 1.165) is 9.37 Å². The Balaban J connectivity index is 2.20. The molecule has 1 fully saturated rings. The fraction of sp³-hybridized carbons (Fsp3) is 0.111. The van der Waals surface area contributed by atoms with E-state index in [1.807, 2.05) is 0 Å². The first-order valence-electron chi connectivity index (χ1n) is 7.16. The summed E-state index contributed by atoms with van der Waals surface area (Å²) in [4.78, 5) is 25.6. The molecule has 0 unspecified atom stereocenters. The lowest BCUT2D eigenvalue weighted by molar-refractivity contribution is -0.139. The van der Waals surface area contributed by atoms with Gasteiger partial charge in [-0.15, -0.1) is 0 Å². The van der Waals surface area contributed by atoms with Crippen LogP contribution < -0.4 is 0 Å². The summed E-state index contributed by atoms with van der Waals surface area (Å²) >= 11 is 3.29. The first-order chi connectivity index (χ1) is 11.4. The lowest BCUT2D eigenvalue weighted by Crippen LogP contribution is -2.25. The molecule has 24 heavy (non-hydrogen) atoms. The maximum absolute atomic E-state index is 14.2. The Kier molecular flexibility index (Phi) is 4.24. The van der Waals surface area contributed by atoms with Gasteiger partial charge in [-0.05, 0) is 18.2 Å². The SMILES string of the molecule is CN1C(=O)C(=O)/C(=C(/O)c2ccc(Br)cc2)[C@@H]1c1ccccc1F. The minimum Gasteiger partial charge on any atom is -0.507 e. The molecule has 1 N–H and O–H groups in total. The monoisotopic (exact) mass is 389 g/mol. The second-order valence-electron chi connectivity index (χ2n) is 5.44. The molecule has 0 bridgehead atoms. The van der Waals surface area contributed by atoms with E-state index in [4.69, 9.17) is 0 Å². The smallest absolute Gasteiger partial charge is 0.295 e. The largest absolute Gasteiger partial charge is 0.507 e. The number of rotatable bonds is 2. The number of aliphatic hydroxyl groups is 1. The van der Waals surface area contributed by atoms with Gasteiger partial charge in [0.15, 0.2) is 0 Å². The van der Waals surface area contributed by atoms with E-state index in [1.165, 1.54) is 25.2 Å². The van der Waals surface area contributed by atoms with Crippen molar-refractivity contribution in [3.05, 3.63) is 75.5 Å².